The number of nitriles is 1. The van der Waals surface area contributed by atoms with Gasteiger partial charge in [-0.3, -0.25) is 13.9 Å². The Morgan fingerprint density at radius 3 is 2.38 bits per heavy atom. The fourth-order valence-corrected chi connectivity index (χ4v) is 6.28. The molecular formula is C31H26BrN3O4S. The van der Waals surface area contributed by atoms with Crippen molar-refractivity contribution in [3.63, 3.8) is 0 Å². The van der Waals surface area contributed by atoms with Gasteiger partial charge in [0.2, 0.25) is 0 Å². The van der Waals surface area contributed by atoms with Gasteiger partial charge in [0.25, 0.3) is 5.56 Å². The molecule has 7 nitrogen and oxygen atoms in total. The number of nitrogens with zero attached hydrogens (tertiary/aromatic N) is 3. The molecule has 2 aromatic heterocycles. The average Bonchev–Trinajstić information content (AvgIpc) is 3.43. The van der Waals surface area contributed by atoms with Crippen LogP contribution in [0.25, 0.3) is 21.3 Å². The summed E-state index contributed by atoms with van der Waals surface area (Å²) in [6.07, 6.45) is 0.760. The van der Waals surface area contributed by atoms with Gasteiger partial charge in [-0.2, -0.15) is 5.26 Å². The van der Waals surface area contributed by atoms with Crippen LogP contribution in [0, 0.1) is 11.3 Å². The number of fused-ring (bicyclic) bond motifs is 1. The summed E-state index contributed by atoms with van der Waals surface area (Å²) >= 11 is 5.15. The van der Waals surface area contributed by atoms with Crippen molar-refractivity contribution in [3.05, 3.63) is 114 Å². The zero-order chi connectivity index (χ0) is 28.4. The Labute approximate surface area is 243 Å². The van der Waals surface area contributed by atoms with Gasteiger partial charge in [0, 0.05) is 21.0 Å². The van der Waals surface area contributed by atoms with E-state index < -0.39 is 5.69 Å². The number of aromatic nitrogens is 2. The third kappa shape index (κ3) is 5.08. The predicted octanol–water partition coefficient (Wildman–Crippen LogP) is 6.20. The summed E-state index contributed by atoms with van der Waals surface area (Å²) in [7, 11) is 3.12. The van der Waals surface area contributed by atoms with Gasteiger partial charge in [-0.1, -0.05) is 53.2 Å². The quantitative estimate of drug-likeness (QED) is 0.207. The number of halogens is 1. The molecule has 0 bridgehead atoms. The van der Waals surface area contributed by atoms with Crippen molar-refractivity contribution in [2.75, 3.05) is 14.2 Å². The standard InChI is InChI=1S/C31H26BrN3O4S/c1-4-24-15-26-29(36)34(18-22-11-12-23(38-2)14-28(22)39-3)31(37)35(30(26)40-24)17-21-10-9-19(13-27(21)32)25-8-6-5-7-20(25)16-33/h5-15H,4,17-18H2,1-3H3. The molecule has 5 aromatic rings. The molecule has 0 aliphatic heterocycles. The first-order valence-electron chi connectivity index (χ1n) is 12.6. The lowest BCUT2D eigenvalue weighted by molar-refractivity contribution is 0.389. The van der Waals surface area contributed by atoms with Crippen LogP contribution in [-0.2, 0) is 19.5 Å². The summed E-state index contributed by atoms with van der Waals surface area (Å²) < 4.78 is 14.6. The van der Waals surface area contributed by atoms with Crippen molar-refractivity contribution >= 4 is 37.5 Å². The van der Waals surface area contributed by atoms with E-state index in [1.165, 1.54) is 15.9 Å². The van der Waals surface area contributed by atoms with Gasteiger partial charge >= 0.3 is 5.69 Å². The molecule has 2 heterocycles. The van der Waals surface area contributed by atoms with Crippen molar-refractivity contribution in [2.24, 2.45) is 0 Å². The molecule has 3 aromatic carbocycles. The van der Waals surface area contributed by atoms with Gasteiger partial charge in [-0.25, -0.2) is 4.79 Å². The molecule has 9 heteroatoms. The number of ether oxygens (including phenoxy) is 2. The fourth-order valence-electron chi connectivity index (χ4n) is 4.70. The minimum atomic E-state index is -0.398. The number of methoxy groups -OCH3 is 2. The van der Waals surface area contributed by atoms with Gasteiger partial charge in [-0.15, -0.1) is 11.3 Å². The van der Waals surface area contributed by atoms with Crippen LogP contribution in [0.1, 0.15) is 28.5 Å². The maximum absolute atomic E-state index is 13.9. The zero-order valence-corrected chi connectivity index (χ0v) is 24.6. The van der Waals surface area contributed by atoms with Crippen LogP contribution in [-0.4, -0.2) is 23.4 Å². The lowest BCUT2D eigenvalue weighted by atomic mass is 9.99. The van der Waals surface area contributed by atoms with E-state index in [0.29, 0.717) is 32.8 Å². The van der Waals surface area contributed by atoms with Gasteiger partial charge in [-0.05, 0) is 53.4 Å². The molecule has 0 amide bonds. The van der Waals surface area contributed by atoms with Crippen LogP contribution in [0.2, 0.25) is 0 Å². The Hall–Kier alpha value is -4.13. The lowest BCUT2D eigenvalue weighted by Gasteiger charge is -2.15. The normalized spacial score (nSPS) is 11.0. The maximum Gasteiger partial charge on any atom is 0.332 e. The van der Waals surface area contributed by atoms with Crippen molar-refractivity contribution in [1.29, 1.82) is 5.26 Å². The topological polar surface area (TPSA) is 86.2 Å². The summed E-state index contributed by atoms with van der Waals surface area (Å²) in [4.78, 5) is 29.2. The number of rotatable bonds is 8. The largest absolute Gasteiger partial charge is 0.497 e. The molecule has 5 rings (SSSR count). The Morgan fingerprint density at radius 2 is 1.68 bits per heavy atom. The number of hydrogen-bond acceptors (Lipinski definition) is 6. The van der Waals surface area contributed by atoms with Crippen molar-refractivity contribution in [1.82, 2.24) is 9.13 Å². The molecule has 0 unspecified atom stereocenters. The summed E-state index contributed by atoms with van der Waals surface area (Å²) in [6, 6.07) is 22.7. The van der Waals surface area contributed by atoms with E-state index in [2.05, 4.69) is 22.0 Å². The van der Waals surface area contributed by atoms with E-state index in [1.54, 1.807) is 43.1 Å². The van der Waals surface area contributed by atoms with Crippen molar-refractivity contribution in [3.8, 4) is 28.7 Å². The smallest absolute Gasteiger partial charge is 0.332 e. The Bertz CT molecular complexity index is 1900. The monoisotopic (exact) mass is 615 g/mol. The van der Waals surface area contributed by atoms with Crippen LogP contribution in [0.15, 0.2) is 80.8 Å². The molecule has 0 atom stereocenters. The molecule has 202 valence electrons. The molecule has 0 radical (unpaired) electrons. The summed E-state index contributed by atoms with van der Waals surface area (Å²) in [5, 5.41) is 10.0. The highest BCUT2D eigenvalue weighted by atomic mass is 79.9. The molecule has 0 N–H and O–H groups in total. The molecule has 0 aliphatic carbocycles. The van der Waals surface area contributed by atoms with Crippen molar-refractivity contribution in [2.45, 2.75) is 26.4 Å². The highest BCUT2D eigenvalue weighted by Crippen LogP contribution is 2.30. The molecule has 40 heavy (non-hydrogen) atoms. The first kappa shape index (κ1) is 27.4. The van der Waals surface area contributed by atoms with Crippen molar-refractivity contribution < 1.29 is 9.47 Å². The number of benzene rings is 3. The Morgan fingerprint density at radius 1 is 0.925 bits per heavy atom. The number of thiophene rings is 1. The van der Waals surface area contributed by atoms with E-state index in [4.69, 9.17) is 9.47 Å². The summed E-state index contributed by atoms with van der Waals surface area (Å²) in [6.45, 7) is 2.35. The molecular weight excluding hydrogens is 590 g/mol. The second-order valence-corrected chi connectivity index (χ2v) is 11.2. The minimum Gasteiger partial charge on any atom is -0.497 e. The minimum absolute atomic E-state index is 0.0587. The molecule has 0 saturated heterocycles. The van der Waals surface area contributed by atoms with Crippen LogP contribution in [0.3, 0.4) is 0 Å². The molecule has 0 fully saturated rings. The third-order valence-electron chi connectivity index (χ3n) is 6.86. The van der Waals surface area contributed by atoms with Crippen LogP contribution in [0.5, 0.6) is 11.5 Å². The maximum atomic E-state index is 13.9. The first-order valence-corrected chi connectivity index (χ1v) is 14.2. The van der Waals surface area contributed by atoms with E-state index in [0.717, 1.165) is 32.5 Å². The molecule has 0 aliphatic rings. The SMILES string of the molecule is CCc1cc2c(=O)n(Cc3ccc(OC)cc3OC)c(=O)n(Cc3ccc(-c4ccccc4C#N)cc3Br)c2s1. The highest BCUT2D eigenvalue weighted by Gasteiger charge is 2.19. The van der Waals surface area contributed by atoms with Gasteiger partial charge in [0.05, 0.1) is 44.3 Å². The van der Waals surface area contributed by atoms with E-state index in [1.807, 2.05) is 49.4 Å². The second-order valence-electron chi connectivity index (χ2n) is 9.19. The first-order chi connectivity index (χ1) is 19.4. The fraction of sp³-hybridized carbons (Fsp3) is 0.194. The van der Waals surface area contributed by atoms with Gasteiger partial charge in [0.1, 0.15) is 16.3 Å². The van der Waals surface area contributed by atoms with Crippen LogP contribution >= 0.6 is 27.3 Å². The van der Waals surface area contributed by atoms with Gasteiger partial charge in [0.15, 0.2) is 0 Å². The summed E-state index contributed by atoms with van der Waals surface area (Å²) in [5.41, 5.74) is 3.17. The zero-order valence-electron chi connectivity index (χ0n) is 22.2. The summed E-state index contributed by atoms with van der Waals surface area (Å²) in [5.74, 6) is 1.16. The van der Waals surface area contributed by atoms with Crippen LogP contribution < -0.4 is 20.7 Å². The molecule has 0 spiro atoms. The van der Waals surface area contributed by atoms with Crippen LogP contribution in [0.4, 0.5) is 0 Å². The van der Waals surface area contributed by atoms with Gasteiger partial charge < -0.3 is 9.47 Å². The van der Waals surface area contributed by atoms with E-state index >= 15 is 0 Å². The predicted molar refractivity (Wildman–Crippen MR) is 162 cm³/mol. The second kappa shape index (κ2) is 11.5. The third-order valence-corrected chi connectivity index (χ3v) is 8.90. The lowest BCUT2D eigenvalue weighted by Crippen LogP contribution is -2.40. The number of hydrogen-bond donors (Lipinski definition) is 0. The molecule has 0 saturated carbocycles. The number of aryl methyl sites for hydroxylation is 1. The highest BCUT2D eigenvalue weighted by molar-refractivity contribution is 9.10. The Kier molecular flexibility index (Phi) is 7.92. The average molecular weight is 617 g/mol. The Balaban J connectivity index is 1.62. The van der Waals surface area contributed by atoms with E-state index in [9.17, 15) is 14.9 Å². The van der Waals surface area contributed by atoms with E-state index in [-0.39, 0.29) is 18.6 Å².